The second-order valence-electron chi connectivity index (χ2n) is 7.13. The second-order valence-corrected chi connectivity index (χ2v) is 7.13. The molecule has 0 aromatic heterocycles. The summed E-state index contributed by atoms with van der Waals surface area (Å²) in [6, 6.07) is 23.0. The molecule has 1 aliphatic rings. The first-order chi connectivity index (χ1) is 15.0. The summed E-state index contributed by atoms with van der Waals surface area (Å²) in [5, 5.41) is 7.69. The summed E-state index contributed by atoms with van der Waals surface area (Å²) < 4.78 is 11.0. The number of ether oxygens (including phenoxy) is 2. The number of nitrogens with zero attached hydrogens (tertiary/aromatic N) is 2. The molecule has 31 heavy (non-hydrogen) atoms. The lowest BCUT2D eigenvalue weighted by molar-refractivity contribution is -0.131. The third-order valence-electron chi connectivity index (χ3n) is 5.00. The maximum absolute atomic E-state index is 13.0. The third-order valence-corrected chi connectivity index (χ3v) is 5.00. The number of amides is 3. The lowest BCUT2D eigenvalue weighted by Crippen LogP contribution is -2.40. The highest BCUT2D eigenvalue weighted by molar-refractivity contribution is 6.07. The molecule has 156 valence electrons. The van der Waals surface area contributed by atoms with Crippen LogP contribution in [0.25, 0.3) is 0 Å². The van der Waals surface area contributed by atoms with Crippen molar-refractivity contribution in [2.45, 2.75) is 12.5 Å². The number of benzene rings is 3. The number of methoxy groups -OCH3 is 1. The lowest BCUT2D eigenvalue weighted by atomic mass is 9.92. The summed E-state index contributed by atoms with van der Waals surface area (Å²) in [6.07, 6.45) is 1.45. The Labute approximate surface area is 179 Å². The monoisotopic (exact) mass is 415 g/mol. The van der Waals surface area contributed by atoms with Gasteiger partial charge in [-0.1, -0.05) is 42.5 Å². The Hall–Kier alpha value is -4.13. The van der Waals surface area contributed by atoms with Gasteiger partial charge < -0.3 is 14.8 Å². The van der Waals surface area contributed by atoms with Crippen LogP contribution < -0.4 is 14.8 Å². The van der Waals surface area contributed by atoms with E-state index in [1.165, 1.54) is 6.21 Å². The van der Waals surface area contributed by atoms with Gasteiger partial charge in [-0.3, -0.25) is 4.79 Å². The number of carbonyl (C=O) groups excluding carboxylic acids is 2. The lowest BCUT2D eigenvalue weighted by Gasteiger charge is -2.21. The molecule has 1 atom stereocenters. The van der Waals surface area contributed by atoms with Gasteiger partial charge in [0.25, 0.3) is 5.91 Å². The minimum absolute atomic E-state index is 0.462. The van der Waals surface area contributed by atoms with Crippen LogP contribution >= 0.6 is 0 Å². The van der Waals surface area contributed by atoms with Gasteiger partial charge in [0.2, 0.25) is 0 Å². The van der Waals surface area contributed by atoms with Crippen LogP contribution in [0, 0.1) is 0 Å². The average molecular weight is 415 g/mol. The fraction of sp³-hybridized carbons (Fsp3) is 0.125. The molecule has 0 radical (unpaired) electrons. The topological polar surface area (TPSA) is 80.2 Å². The molecule has 0 saturated carbocycles. The number of hydrogen-bond acceptors (Lipinski definition) is 5. The minimum atomic E-state index is -1.21. The van der Waals surface area contributed by atoms with E-state index in [9.17, 15) is 9.59 Å². The van der Waals surface area contributed by atoms with E-state index in [0.717, 1.165) is 5.01 Å². The molecule has 3 aromatic rings. The predicted octanol–water partition coefficient (Wildman–Crippen LogP) is 4.29. The van der Waals surface area contributed by atoms with Gasteiger partial charge in [-0.15, -0.1) is 5.01 Å². The molecule has 0 spiro atoms. The normalized spacial score (nSPS) is 18.3. The summed E-state index contributed by atoms with van der Waals surface area (Å²) >= 11 is 0. The van der Waals surface area contributed by atoms with Crippen LogP contribution in [0.3, 0.4) is 0 Å². The van der Waals surface area contributed by atoms with Crippen LogP contribution in [0.1, 0.15) is 18.1 Å². The molecule has 1 heterocycles. The molecule has 3 amide bonds. The van der Waals surface area contributed by atoms with E-state index >= 15 is 0 Å². The Morgan fingerprint density at radius 1 is 0.903 bits per heavy atom. The van der Waals surface area contributed by atoms with Crippen molar-refractivity contribution in [3.05, 3.63) is 90.0 Å². The van der Waals surface area contributed by atoms with Gasteiger partial charge in [-0.2, -0.15) is 5.10 Å². The van der Waals surface area contributed by atoms with Crippen molar-refractivity contribution in [1.82, 2.24) is 10.3 Å². The molecule has 1 saturated heterocycles. The Kier molecular flexibility index (Phi) is 5.41. The molecular weight excluding hydrogens is 394 g/mol. The van der Waals surface area contributed by atoms with Crippen LogP contribution in [-0.4, -0.2) is 30.3 Å². The van der Waals surface area contributed by atoms with Gasteiger partial charge in [-0.05, 0) is 54.4 Å². The van der Waals surface area contributed by atoms with E-state index in [1.807, 2.05) is 48.5 Å². The molecule has 3 aromatic carbocycles. The Morgan fingerprint density at radius 2 is 1.61 bits per heavy atom. The van der Waals surface area contributed by atoms with E-state index in [-0.39, 0.29) is 0 Å². The van der Waals surface area contributed by atoms with Crippen LogP contribution in [0.4, 0.5) is 4.79 Å². The zero-order valence-corrected chi connectivity index (χ0v) is 17.1. The maximum Gasteiger partial charge on any atom is 0.346 e. The van der Waals surface area contributed by atoms with E-state index in [2.05, 4.69) is 10.4 Å². The first kappa shape index (κ1) is 20.2. The highest BCUT2D eigenvalue weighted by Gasteiger charge is 2.49. The number of urea groups is 1. The van der Waals surface area contributed by atoms with Gasteiger partial charge in [-0.25, -0.2) is 4.79 Å². The number of carbonyl (C=O) groups is 2. The quantitative estimate of drug-likeness (QED) is 0.481. The predicted molar refractivity (Wildman–Crippen MR) is 116 cm³/mol. The number of hydrazone groups is 1. The number of rotatable bonds is 6. The van der Waals surface area contributed by atoms with Crippen molar-refractivity contribution in [3.63, 3.8) is 0 Å². The van der Waals surface area contributed by atoms with Crippen LogP contribution in [-0.2, 0) is 10.3 Å². The van der Waals surface area contributed by atoms with Gasteiger partial charge in [0.05, 0.1) is 13.3 Å². The molecule has 1 unspecified atom stereocenters. The van der Waals surface area contributed by atoms with E-state index in [4.69, 9.17) is 9.47 Å². The summed E-state index contributed by atoms with van der Waals surface area (Å²) in [5.74, 6) is 1.53. The minimum Gasteiger partial charge on any atom is -0.497 e. The van der Waals surface area contributed by atoms with Crippen LogP contribution in [0.2, 0.25) is 0 Å². The zero-order valence-electron chi connectivity index (χ0n) is 17.1. The van der Waals surface area contributed by atoms with Gasteiger partial charge >= 0.3 is 6.03 Å². The second kappa shape index (κ2) is 8.31. The summed E-state index contributed by atoms with van der Waals surface area (Å²) in [5.41, 5.74) is 0.119. The van der Waals surface area contributed by atoms with Crippen molar-refractivity contribution in [1.29, 1.82) is 0 Å². The van der Waals surface area contributed by atoms with Crippen molar-refractivity contribution < 1.29 is 19.1 Å². The highest BCUT2D eigenvalue weighted by Crippen LogP contribution is 2.30. The van der Waals surface area contributed by atoms with Crippen LogP contribution in [0.5, 0.6) is 17.2 Å². The maximum atomic E-state index is 13.0. The number of nitrogens with one attached hydrogen (secondary N) is 1. The Balaban J connectivity index is 1.52. The molecule has 7 nitrogen and oxygen atoms in total. The first-order valence-corrected chi connectivity index (χ1v) is 9.68. The van der Waals surface area contributed by atoms with Crippen molar-refractivity contribution in [3.8, 4) is 17.2 Å². The van der Waals surface area contributed by atoms with Gasteiger partial charge in [0.15, 0.2) is 0 Å². The molecule has 1 N–H and O–H groups in total. The number of hydrogen-bond donors (Lipinski definition) is 1. The molecule has 0 aliphatic carbocycles. The van der Waals surface area contributed by atoms with E-state index < -0.39 is 17.5 Å². The molecular formula is C24H21N3O4. The molecule has 7 heteroatoms. The summed E-state index contributed by atoms with van der Waals surface area (Å²) in [4.78, 5) is 25.5. The zero-order chi connectivity index (χ0) is 21.8. The fourth-order valence-corrected chi connectivity index (χ4v) is 3.26. The first-order valence-electron chi connectivity index (χ1n) is 9.68. The van der Waals surface area contributed by atoms with E-state index in [0.29, 0.717) is 28.4 Å². The van der Waals surface area contributed by atoms with Gasteiger partial charge in [0.1, 0.15) is 22.8 Å². The SMILES string of the molecule is COc1ccc(C2(C)NC(=O)N(/N=C/c3cccc(Oc4ccccc4)c3)C2=O)cc1. The molecule has 1 fully saturated rings. The Morgan fingerprint density at radius 3 is 2.32 bits per heavy atom. The van der Waals surface area contributed by atoms with Crippen molar-refractivity contribution in [2.24, 2.45) is 5.10 Å². The van der Waals surface area contributed by atoms with Crippen LogP contribution in [0.15, 0.2) is 84.0 Å². The highest BCUT2D eigenvalue weighted by atomic mass is 16.5. The summed E-state index contributed by atoms with van der Waals surface area (Å²) in [6.45, 7) is 1.65. The third kappa shape index (κ3) is 4.11. The molecule has 0 bridgehead atoms. The van der Waals surface area contributed by atoms with Gasteiger partial charge in [0, 0.05) is 0 Å². The van der Waals surface area contributed by atoms with E-state index in [1.54, 1.807) is 44.4 Å². The van der Waals surface area contributed by atoms with Crippen molar-refractivity contribution >= 4 is 18.2 Å². The standard InChI is InChI=1S/C24H21N3O4/c1-24(18-11-13-19(30-2)14-12-18)22(28)27(23(29)26-24)25-16-17-7-6-10-21(15-17)31-20-8-4-3-5-9-20/h3-16H,1-2H3,(H,26,29)/b25-16+. The smallest absolute Gasteiger partial charge is 0.346 e. The number of imide groups is 1. The molecule has 1 aliphatic heterocycles. The fourth-order valence-electron chi connectivity index (χ4n) is 3.26. The Bertz CT molecular complexity index is 1130. The number of para-hydroxylation sites is 1. The largest absolute Gasteiger partial charge is 0.497 e. The molecule has 4 rings (SSSR count). The van der Waals surface area contributed by atoms with Crippen molar-refractivity contribution in [2.75, 3.05) is 7.11 Å². The average Bonchev–Trinajstić information content (AvgIpc) is 3.02. The summed E-state index contributed by atoms with van der Waals surface area (Å²) in [7, 11) is 1.57.